The molecule has 1 aliphatic rings. The van der Waals surface area contributed by atoms with Crippen LogP contribution in [0, 0.1) is 16.0 Å². The first-order valence-corrected chi connectivity index (χ1v) is 11.0. The lowest BCUT2D eigenvalue weighted by Gasteiger charge is -2.05. The number of aromatic amines is 1. The molecule has 0 atom stereocenters. The van der Waals surface area contributed by atoms with Gasteiger partial charge in [0.15, 0.2) is 0 Å². The number of aromatic nitrogens is 3. The Bertz CT molecular complexity index is 923. The van der Waals surface area contributed by atoms with Crippen LogP contribution in [0.1, 0.15) is 37.9 Å². The van der Waals surface area contributed by atoms with E-state index >= 15 is 0 Å². The average molecular weight is 412 g/mol. The number of rotatable bonds is 8. The van der Waals surface area contributed by atoms with Gasteiger partial charge in [0.05, 0.1) is 14.7 Å². The van der Waals surface area contributed by atoms with E-state index in [1.165, 1.54) is 44.9 Å². The number of aryl methyl sites for hydroxylation is 1. The first kappa shape index (κ1) is 19.8. The van der Waals surface area contributed by atoms with Crippen LogP contribution in [0.4, 0.5) is 5.69 Å². The first-order valence-electron chi connectivity index (χ1n) is 8.70. The molecule has 1 heterocycles. The summed E-state index contributed by atoms with van der Waals surface area (Å²) >= 11 is 1.04. The molecular formula is C16H21N5O4S2. The summed E-state index contributed by atoms with van der Waals surface area (Å²) in [5.74, 6) is 1.51. The lowest BCUT2D eigenvalue weighted by Crippen LogP contribution is -2.18. The number of benzene rings is 1. The van der Waals surface area contributed by atoms with Crippen LogP contribution in [-0.2, 0) is 16.4 Å². The van der Waals surface area contributed by atoms with Crippen molar-refractivity contribution in [3.8, 4) is 0 Å². The summed E-state index contributed by atoms with van der Waals surface area (Å²) in [6.07, 6.45) is 7.00. The lowest BCUT2D eigenvalue weighted by molar-refractivity contribution is -0.388. The maximum atomic E-state index is 11.9. The SMILES string of the molecule is CNS(=O)(=O)c1ccc(Sc2n[nH]c(CCC3CCCC3)n2)c([N+](=O)[O-])c1. The summed E-state index contributed by atoms with van der Waals surface area (Å²) in [5, 5.41) is 18.7. The highest BCUT2D eigenvalue weighted by atomic mass is 32.2. The Morgan fingerprint density at radius 1 is 1.37 bits per heavy atom. The number of hydrogen-bond acceptors (Lipinski definition) is 7. The van der Waals surface area contributed by atoms with Crippen LogP contribution in [0.15, 0.2) is 33.1 Å². The minimum absolute atomic E-state index is 0.159. The van der Waals surface area contributed by atoms with Crippen LogP contribution in [0.2, 0.25) is 0 Å². The highest BCUT2D eigenvalue weighted by Crippen LogP contribution is 2.35. The second-order valence-electron chi connectivity index (χ2n) is 6.45. The molecule has 1 aromatic heterocycles. The third kappa shape index (κ3) is 4.85. The van der Waals surface area contributed by atoms with Crippen molar-refractivity contribution >= 4 is 27.5 Å². The molecule has 0 amide bonds. The fourth-order valence-corrected chi connectivity index (χ4v) is 4.75. The molecule has 3 rings (SSSR count). The number of nitrogens with zero attached hydrogens (tertiary/aromatic N) is 3. The van der Waals surface area contributed by atoms with E-state index in [0.29, 0.717) is 5.16 Å². The zero-order chi connectivity index (χ0) is 19.4. The van der Waals surface area contributed by atoms with E-state index in [1.54, 1.807) is 0 Å². The van der Waals surface area contributed by atoms with Gasteiger partial charge in [0.25, 0.3) is 5.69 Å². The standard InChI is InChI=1S/C16H21N5O4S2/c1-17-27(24,25)12-7-8-14(13(10-12)21(22)23)26-16-18-15(19-20-16)9-6-11-4-2-3-5-11/h7-8,10-11,17H,2-6,9H2,1H3,(H,18,19,20). The molecule has 1 aromatic carbocycles. The van der Waals surface area contributed by atoms with E-state index in [0.717, 1.165) is 42.4 Å². The van der Waals surface area contributed by atoms with E-state index in [4.69, 9.17) is 0 Å². The minimum atomic E-state index is -3.76. The van der Waals surface area contributed by atoms with Gasteiger partial charge in [0, 0.05) is 12.5 Å². The van der Waals surface area contributed by atoms with Gasteiger partial charge in [-0.25, -0.2) is 18.1 Å². The van der Waals surface area contributed by atoms with Crippen molar-refractivity contribution in [2.45, 2.75) is 53.5 Å². The molecule has 1 fully saturated rings. The van der Waals surface area contributed by atoms with Crippen LogP contribution in [0.3, 0.4) is 0 Å². The molecule has 1 saturated carbocycles. The van der Waals surface area contributed by atoms with Crippen molar-refractivity contribution in [1.82, 2.24) is 19.9 Å². The van der Waals surface area contributed by atoms with E-state index < -0.39 is 14.9 Å². The maximum absolute atomic E-state index is 11.9. The van der Waals surface area contributed by atoms with Crippen molar-refractivity contribution in [3.05, 3.63) is 34.1 Å². The predicted octanol–water partition coefficient (Wildman–Crippen LogP) is 2.90. The quantitative estimate of drug-likeness (QED) is 0.504. The molecule has 11 heteroatoms. The van der Waals surface area contributed by atoms with Gasteiger partial charge in [-0.05, 0) is 43.3 Å². The summed E-state index contributed by atoms with van der Waals surface area (Å²) < 4.78 is 25.9. The molecule has 0 unspecified atom stereocenters. The average Bonchev–Trinajstić information content (AvgIpc) is 3.31. The molecule has 2 N–H and O–H groups in total. The Labute approximate surface area is 161 Å². The maximum Gasteiger partial charge on any atom is 0.284 e. The smallest absolute Gasteiger partial charge is 0.262 e. The second kappa shape index (κ2) is 8.36. The van der Waals surface area contributed by atoms with Gasteiger partial charge < -0.3 is 0 Å². The van der Waals surface area contributed by atoms with Gasteiger partial charge in [-0.15, -0.1) is 5.10 Å². The van der Waals surface area contributed by atoms with Crippen LogP contribution in [0.25, 0.3) is 0 Å². The number of H-pyrrole nitrogens is 1. The summed E-state index contributed by atoms with van der Waals surface area (Å²) in [6, 6.07) is 3.78. The normalized spacial score (nSPS) is 15.3. The van der Waals surface area contributed by atoms with Crippen molar-refractivity contribution in [3.63, 3.8) is 0 Å². The van der Waals surface area contributed by atoms with E-state index in [-0.39, 0.29) is 15.5 Å². The van der Waals surface area contributed by atoms with Crippen LogP contribution in [-0.4, -0.2) is 35.6 Å². The van der Waals surface area contributed by atoms with E-state index in [1.807, 2.05) is 0 Å². The Balaban J connectivity index is 1.74. The zero-order valence-corrected chi connectivity index (χ0v) is 16.5. The Morgan fingerprint density at radius 3 is 2.78 bits per heavy atom. The molecule has 0 bridgehead atoms. The lowest BCUT2D eigenvalue weighted by atomic mass is 10.0. The van der Waals surface area contributed by atoms with Crippen molar-refractivity contribution in [2.24, 2.45) is 5.92 Å². The highest BCUT2D eigenvalue weighted by Gasteiger charge is 2.22. The molecule has 1 aliphatic carbocycles. The number of nitro groups is 1. The fourth-order valence-electron chi connectivity index (χ4n) is 3.18. The van der Waals surface area contributed by atoms with E-state index in [2.05, 4.69) is 19.9 Å². The first-order chi connectivity index (χ1) is 12.9. The Morgan fingerprint density at radius 2 is 2.11 bits per heavy atom. The number of hydrogen-bond donors (Lipinski definition) is 2. The number of sulfonamides is 1. The van der Waals surface area contributed by atoms with Crippen LogP contribution >= 0.6 is 11.8 Å². The van der Waals surface area contributed by atoms with Crippen molar-refractivity contribution < 1.29 is 13.3 Å². The summed E-state index contributed by atoms with van der Waals surface area (Å²) in [5.41, 5.74) is -0.298. The molecule has 27 heavy (non-hydrogen) atoms. The summed E-state index contributed by atoms with van der Waals surface area (Å²) in [6.45, 7) is 0. The number of nitrogens with one attached hydrogen (secondary N) is 2. The molecule has 0 spiro atoms. The minimum Gasteiger partial charge on any atom is -0.262 e. The van der Waals surface area contributed by atoms with Crippen molar-refractivity contribution in [2.75, 3.05) is 7.05 Å². The van der Waals surface area contributed by atoms with E-state index in [9.17, 15) is 18.5 Å². The van der Waals surface area contributed by atoms with Gasteiger partial charge in [-0.1, -0.05) is 25.7 Å². The molecular weight excluding hydrogens is 390 g/mol. The number of nitro benzene ring substituents is 1. The highest BCUT2D eigenvalue weighted by molar-refractivity contribution is 7.99. The third-order valence-corrected chi connectivity index (χ3v) is 7.02. The Hall–Kier alpha value is -1.98. The molecule has 146 valence electrons. The van der Waals surface area contributed by atoms with Gasteiger partial charge in [-0.3, -0.25) is 15.2 Å². The largest absolute Gasteiger partial charge is 0.284 e. The topological polar surface area (TPSA) is 131 Å². The van der Waals surface area contributed by atoms with Crippen LogP contribution < -0.4 is 4.72 Å². The van der Waals surface area contributed by atoms with Gasteiger partial charge in [-0.2, -0.15) is 0 Å². The molecule has 0 radical (unpaired) electrons. The molecule has 2 aromatic rings. The summed E-state index contributed by atoms with van der Waals surface area (Å²) in [4.78, 5) is 15.3. The van der Waals surface area contributed by atoms with Crippen molar-refractivity contribution in [1.29, 1.82) is 0 Å². The monoisotopic (exact) mass is 411 g/mol. The zero-order valence-electron chi connectivity index (χ0n) is 14.8. The summed E-state index contributed by atoms with van der Waals surface area (Å²) in [7, 11) is -2.50. The van der Waals surface area contributed by atoms with Crippen LogP contribution in [0.5, 0.6) is 0 Å². The molecule has 9 nitrogen and oxygen atoms in total. The van der Waals surface area contributed by atoms with Gasteiger partial charge in [0.2, 0.25) is 15.2 Å². The van der Waals surface area contributed by atoms with Gasteiger partial charge in [0.1, 0.15) is 5.82 Å². The van der Waals surface area contributed by atoms with Gasteiger partial charge >= 0.3 is 0 Å². The second-order valence-corrected chi connectivity index (χ2v) is 9.35. The predicted molar refractivity (Wildman–Crippen MR) is 100 cm³/mol. The Kier molecular flexibility index (Phi) is 6.12. The molecule has 0 saturated heterocycles. The fraction of sp³-hybridized carbons (Fsp3) is 0.500. The molecule has 0 aliphatic heterocycles. The third-order valence-electron chi connectivity index (χ3n) is 4.68.